The summed E-state index contributed by atoms with van der Waals surface area (Å²) in [6.07, 6.45) is 8.86. The van der Waals surface area contributed by atoms with Crippen LogP contribution in [0.1, 0.15) is 78.6 Å². The first-order valence-electron chi connectivity index (χ1n) is 11.9. The smallest absolute Gasteiger partial charge is 0.157 e. The second-order valence-electron chi connectivity index (χ2n) is 11.5. The Morgan fingerprint density at radius 2 is 1.73 bits per heavy atom. The summed E-state index contributed by atoms with van der Waals surface area (Å²) >= 11 is 3.38. The first-order chi connectivity index (χ1) is 14.1. The molecule has 30 heavy (non-hydrogen) atoms. The highest BCUT2D eigenvalue weighted by Crippen LogP contribution is 2.71. The highest BCUT2D eigenvalue weighted by molar-refractivity contribution is 9.09. The summed E-state index contributed by atoms with van der Waals surface area (Å²) in [5.74, 6) is 2.42. The van der Waals surface area contributed by atoms with Gasteiger partial charge in [-0.3, -0.25) is 9.59 Å². The van der Waals surface area contributed by atoms with Gasteiger partial charge in [0.05, 0.1) is 23.0 Å². The molecule has 4 rings (SSSR count). The fourth-order valence-corrected chi connectivity index (χ4v) is 9.59. The summed E-state index contributed by atoms with van der Waals surface area (Å²) < 4.78 is 5.33. The van der Waals surface area contributed by atoms with Crippen molar-refractivity contribution in [1.29, 1.82) is 0 Å². The van der Waals surface area contributed by atoms with Gasteiger partial charge in [-0.1, -0.05) is 29.8 Å². The maximum Gasteiger partial charge on any atom is 0.157 e. The van der Waals surface area contributed by atoms with Crippen molar-refractivity contribution in [2.24, 2.45) is 39.9 Å². The number of hydrogen-bond acceptors (Lipinski definition) is 4. The van der Waals surface area contributed by atoms with Gasteiger partial charge in [0, 0.05) is 7.11 Å². The van der Waals surface area contributed by atoms with E-state index in [1.807, 2.05) is 0 Å². The number of carbonyl (C=O) groups is 2. The number of carbonyl (C=O) groups excluding carboxylic acids is 2. The fraction of sp³-hybridized carbons (Fsp3) is 0.920. The predicted molar refractivity (Wildman–Crippen MR) is 120 cm³/mol. The van der Waals surface area contributed by atoms with Gasteiger partial charge in [0.2, 0.25) is 0 Å². The van der Waals surface area contributed by atoms with E-state index in [-0.39, 0.29) is 27.7 Å². The second kappa shape index (κ2) is 7.66. The van der Waals surface area contributed by atoms with E-state index in [9.17, 15) is 14.7 Å². The lowest BCUT2D eigenvalue weighted by Gasteiger charge is -2.62. The molecule has 0 saturated heterocycles. The number of hydrogen-bond donors (Lipinski definition) is 1. The van der Waals surface area contributed by atoms with Gasteiger partial charge in [0.25, 0.3) is 0 Å². The van der Waals surface area contributed by atoms with Crippen LogP contribution in [0.25, 0.3) is 0 Å². The molecule has 0 heterocycles. The topological polar surface area (TPSA) is 63.6 Å². The largest absolute Gasteiger partial charge is 0.387 e. The molecule has 4 saturated carbocycles. The van der Waals surface area contributed by atoms with Gasteiger partial charge < -0.3 is 9.84 Å². The molecule has 0 aromatic rings. The van der Waals surface area contributed by atoms with Crippen LogP contribution in [0.5, 0.6) is 0 Å². The minimum atomic E-state index is -0.796. The van der Waals surface area contributed by atoms with Crippen molar-refractivity contribution in [2.75, 3.05) is 19.0 Å². The number of fused-ring (bicyclic) bond motifs is 5. The Labute approximate surface area is 190 Å². The zero-order valence-electron chi connectivity index (χ0n) is 19.1. The molecule has 0 bridgehead atoms. The van der Waals surface area contributed by atoms with E-state index in [2.05, 4.69) is 29.8 Å². The third-order valence-corrected chi connectivity index (χ3v) is 11.1. The number of methoxy groups -OCH3 is 1. The Morgan fingerprint density at radius 1 is 1.03 bits per heavy atom. The average Bonchev–Trinajstić information content (AvgIpc) is 3.02. The van der Waals surface area contributed by atoms with E-state index in [4.69, 9.17) is 4.74 Å². The van der Waals surface area contributed by atoms with Crippen LogP contribution in [-0.2, 0) is 14.3 Å². The van der Waals surface area contributed by atoms with E-state index in [0.29, 0.717) is 30.3 Å². The molecule has 170 valence electrons. The zero-order valence-corrected chi connectivity index (χ0v) is 20.7. The molecule has 4 fully saturated rings. The van der Waals surface area contributed by atoms with Crippen molar-refractivity contribution in [3.8, 4) is 0 Å². The molecule has 0 aromatic heterocycles. The molecule has 2 unspecified atom stereocenters. The minimum Gasteiger partial charge on any atom is -0.387 e. The first kappa shape index (κ1) is 22.9. The highest BCUT2D eigenvalue weighted by Gasteiger charge is 2.68. The van der Waals surface area contributed by atoms with Crippen LogP contribution in [0.4, 0.5) is 0 Å². The maximum absolute atomic E-state index is 13.1. The Morgan fingerprint density at radius 3 is 2.37 bits per heavy atom. The summed E-state index contributed by atoms with van der Waals surface area (Å²) in [6.45, 7) is 6.82. The fourth-order valence-electron chi connectivity index (χ4n) is 9.11. The van der Waals surface area contributed by atoms with Crippen molar-refractivity contribution in [1.82, 2.24) is 0 Å². The van der Waals surface area contributed by atoms with Gasteiger partial charge in [0.1, 0.15) is 5.78 Å². The third kappa shape index (κ3) is 2.97. The molecule has 0 aliphatic heterocycles. The zero-order chi connectivity index (χ0) is 21.9. The lowest BCUT2D eigenvalue weighted by Crippen LogP contribution is -2.59. The highest BCUT2D eigenvalue weighted by atomic mass is 79.9. The van der Waals surface area contributed by atoms with Gasteiger partial charge in [-0.15, -0.1) is 0 Å². The normalized spacial score (nSPS) is 50.3. The van der Waals surface area contributed by atoms with Crippen LogP contribution in [0.2, 0.25) is 0 Å². The molecule has 4 aliphatic carbocycles. The number of aliphatic hydroxyl groups is 1. The number of Topliss-reactive ketones (excluding diaryl/α,β-unsaturated/α-hetero) is 2. The summed E-state index contributed by atoms with van der Waals surface area (Å²) in [6, 6.07) is 0. The number of alkyl halides is 1. The Balaban J connectivity index is 1.63. The third-order valence-electron chi connectivity index (χ3n) is 10.6. The molecule has 0 radical (unpaired) electrons. The predicted octanol–water partition coefficient (Wildman–Crippen LogP) is 4.95. The van der Waals surface area contributed by atoms with E-state index in [0.717, 1.165) is 51.4 Å². The lowest BCUT2D eigenvalue weighted by atomic mass is 9.42. The second-order valence-corrected chi connectivity index (χ2v) is 12.1. The number of ketones is 2. The summed E-state index contributed by atoms with van der Waals surface area (Å²) in [5, 5.41) is 11.3. The number of rotatable bonds is 5. The molecule has 0 aromatic carbocycles. The van der Waals surface area contributed by atoms with E-state index in [1.165, 1.54) is 6.42 Å². The van der Waals surface area contributed by atoms with Gasteiger partial charge in [-0.2, -0.15) is 0 Å². The quantitative estimate of drug-likeness (QED) is 0.444. The van der Waals surface area contributed by atoms with Gasteiger partial charge in [-0.25, -0.2) is 0 Å². The molecule has 1 N–H and O–H groups in total. The van der Waals surface area contributed by atoms with Gasteiger partial charge in [-0.05, 0) is 99.2 Å². The number of ether oxygens (including phenoxy) is 1. The van der Waals surface area contributed by atoms with E-state index in [1.54, 1.807) is 14.0 Å². The molecule has 4 nitrogen and oxygen atoms in total. The van der Waals surface area contributed by atoms with Crippen LogP contribution in [0.3, 0.4) is 0 Å². The SMILES string of the molecule is COCC1(O)CC[C@@]2(C)C(CC[C@@H]3[C@@H]2CC[C@@]2(C)[C@H]3CC[C@]2(C(C)=O)C(=O)CBr)C1. The van der Waals surface area contributed by atoms with Crippen LogP contribution >= 0.6 is 15.9 Å². The lowest BCUT2D eigenvalue weighted by molar-refractivity contribution is -0.173. The molecular formula is C25H39BrO4. The maximum atomic E-state index is 13.1. The van der Waals surface area contributed by atoms with Gasteiger partial charge >= 0.3 is 0 Å². The van der Waals surface area contributed by atoms with Crippen LogP contribution in [0.15, 0.2) is 0 Å². The Hall–Kier alpha value is -0.260. The van der Waals surface area contributed by atoms with Crippen molar-refractivity contribution < 1.29 is 19.4 Å². The molecule has 4 aliphatic rings. The first-order valence-corrected chi connectivity index (χ1v) is 13.0. The van der Waals surface area contributed by atoms with Crippen molar-refractivity contribution >= 4 is 27.5 Å². The van der Waals surface area contributed by atoms with Crippen molar-refractivity contribution in [3.05, 3.63) is 0 Å². The molecule has 0 amide bonds. The van der Waals surface area contributed by atoms with Crippen molar-refractivity contribution in [2.45, 2.75) is 84.2 Å². The molecule has 0 spiro atoms. The summed E-state index contributed by atoms with van der Waals surface area (Å²) in [7, 11) is 1.68. The van der Waals surface area contributed by atoms with E-state index < -0.39 is 11.0 Å². The van der Waals surface area contributed by atoms with Crippen LogP contribution in [0, 0.1) is 39.9 Å². The average molecular weight is 483 g/mol. The monoisotopic (exact) mass is 482 g/mol. The van der Waals surface area contributed by atoms with Crippen LogP contribution < -0.4 is 0 Å². The van der Waals surface area contributed by atoms with Crippen LogP contribution in [-0.4, -0.2) is 41.3 Å². The molecule has 8 atom stereocenters. The number of halogens is 1. The molecule has 5 heteroatoms. The minimum absolute atomic E-state index is 0.0811. The van der Waals surface area contributed by atoms with Gasteiger partial charge in [0.15, 0.2) is 5.78 Å². The standard InChI is InChI=1S/C25H39BrO4/c1-16(27)25(21(28)14-26)10-8-20-18-6-5-17-13-24(29,15-30-4)12-11-22(17,2)19(18)7-9-23(20,25)3/h17-20,29H,5-15H2,1-4H3/t17?,18-,19+,20+,22+,23+,24?,25+/m1/s1. The summed E-state index contributed by atoms with van der Waals surface area (Å²) in [5.41, 5.74) is -1.42. The molecular weight excluding hydrogens is 444 g/mol. The Bertz CT molecular complexity index is 724. The van der Waals surface area contributed by atoms with E-state index >= 15 is 0 Å². The summed E-state index contributed by atoms with van der Waals surface area (Å²) in [4.78, 5) is 26.0. The van der Waals surface area contributed by atoms with Crippen molar-refractivity contribution in [3.63, 3.8) is 0 Å². The Kier molecular flexibility index (Phi) is 5.85.